The van der Waals surface area contributed by atoms with Crippen LogP contribution in [0.2, 0.25) is 0 Å². The Bertz CT molecular complexity index is 517. The highest BCUT2D eigenvalue weighted by atomic mass is 32.1. The lowest BCUT2D eigenvalue weighted by Crippen LogP contribution is -2.57. The molecule has 0 unspecified atom stereocenters. The molecule has 1 aliphatic carbocycles. The van der Waals surface area contributed by atoms with Gasteiger partial charge in [-0.05, 0) is 30.7 Å². The maximum absolute atomic E-state index is 12.5. The van der Waals surface area contributed by atoms with Crippen molar-refractivity contribution in [3.8, 4) is 0 Å². The first-order chi connectivity index (χ1) is 10.1. The topological polar surface area (TPSA) is 87.7 Å². The van der Waals surface area contributed by atoms with E-state index in [0.717, 1.165) is 44.1 Å². The molecule has 116 valence electrons. The molecular formula is C15H23N3O2S. The molecule has 5 nitrogen and oxygen atoms in total. The molecule has 0 atom stereocenters. The van der Waals surface area contributed by atoms with Crippen LogP contribution >= 0.6 is 11.3 Å². The second-order valence-electron chi connectivity index (χ2n) is 5.76. The third-order valence-corrected chi connectivity index (χ3v) is 5.12. The van der Waals surface area contributed by atoms with Gasteiger partial charge in [-0.25, -0.2) is 0 Å². The van der Waals surface area contributed by atoms with Crippen molar-refractivity contribution in [3.05, 3.63) is 21.9 Å². The lowest BCUT2D eigenvalue weighted by atomic mass is 9.82. The van der Waals surface area contributed by atoms with Crippen LogP contribution in [0.4, 0.5) is 0 Å². The van der Waals surface area contributed by atoms with E-state index in [1.165, 1.54) is 17.8 Å². The van der Waals surface area contributed by atoms with Crippen LogP contribution in [0, 0.1) is 6.92 Å². The van der Waals surface area contributed by atoms with E-state index in [9.17, 15) is 4.79 Å². The van der Waals surface area contributed by atoms with E-state index in [1.54, 1.807) is 0 Å². The molecule has 1 saturated carbocycles. The molecule has 0 saturated heterocycles. The number of oxime groups is 1. The number of amidine groups is 1. The van der Waals surface area contributed by atoms with Gasteiger partial charge < -0.3 is 16.3 Å². The number of hydrogen-bond donors (Lipinski definition) is 3. The predicted molar refractivity (Wildman–Crippen MR) is 85.0 cm³/mol. The third-order valence-electron chi connectivity index (χ3n) is 4.26. The Morgan fingerprint density at radius 3 is 2.43 bits per heavy atom. The number of carbonyl (C=O) groups is 1. The minimum atomic E-state index is -0.722. The standard InChI is InChI=1S/C15H23N3O2S/c1-11-9-21-10-12(11)13(19)17-15(14(16)18-20)7-5-3-2-4-6-8-15/h9-10,20H,2-8H2,1H3,(H2,16,18)(H,17,19). The Morgan fingerprint density at radius 2 is 1.90 bits per heavy atom. The van der Waals surface area contributed by atoms with Crippen molar-refractivity contribution in [2.45, 2.75) is 57.4 Å². The fourth-order valence-electron chi connectivity index (χ4n) is 2.93. The van der Waals surface area contributed by atoms with Gasteiger partial charge in [-0.3, -0.25) is 4.79 Å². The Kier molecular flexibility index (Phi) is 5.22. The summed E-state index contributed by atoms with van der Waals surface area (Å²) in [6, 6.07) is 0. The van der Waals surface area contributed by atoms with Crippen LogP contribution in [0.15, 0.2) is 15.9 Å². The number of rotatable bonds is 3. The van der Waals surface area contributed by atoms with Crippen LogP contribution in [-0.4, -0.2) is 22.5 Å². The van der Waals surface area contributed by atoms with Gasteiger partial charge in [0.05, 0.1) is 5.56 Å². The van der Waals surface area contributed by atoms with E-state index in [1.807, 2.05) is 17.7 Å². The second-order valence-corrected chi connectivity index (χ2v) is 6.50. The molecule has 0 aromatic carbocycles. The summed E-state index contributed by atoms with van der Waals surface area (Å²) in [5, 5.41) is 19.2. The van der Waals surface area contributed by atoms with Crippen molar-refractivity contribution in [3.63, 3.8) is 0 Å². The minimum absolute atomic E-state index is 0.116. The van der Waals surface area contributed by atoms with Gasteiger partial charge in [0.2, 0.25) is 0 Å². The average Bonchev–Trinajstić information content (AvgIpc) is 2.87. The summed E-state index contributed by atoms with van der Waals surface area (Å²) in [6.45, 7) is 1.92. The van der Waals surface area contributed by atoms with Gasteiger partial charge in [-0.15, -0.1) is 0 Å². The van der Waals surface area contributed by atoms with E-state index < -0.39 is 5.54 Å². The van der Waals surface area contributed by atoms with Gasteiger partial charge in [0, 0.05) is 5.38 Å². The van der Waals surface area contributed by atoms with Crippen molar-refractivity contribution >= 4 is 23.1 Å². The smallest absolute Gasteiger partial charge is 0.253 e. The molecule has 0 radical (unpaired) electrons. The highest BCUT2D eigenvalue weighted by Crippen LogP contribution is 2.27. The summed E-state index contributed by atoms with van der Waals surface area (Å²) in [5.74, 6) is -0.0217. The largest absolute Gasteiger partial charge is 0.409 e. The Morgan fingerprint density at radius 1 is 1.29 bits per heavy atom. The molecular weight excluding hydrogens is 286 g/mol. The molecule has 1 aromatic rings. The van der Waals surface area contributed by atoms with Crippen LogP contribution in [0.25, 0.3) is 0 Å². The monoisotopic (exact) mass is 309 g/mol. The van der Waals surface area contributed by atoms with Gasteiger partial charge in [-0.2, -0.15) is 11.3 Å². The molecule has 1 aromatic heterocycles. The number of nitrogens with one attached hydrogen (secondary N) is 1. The van der Waals surface area contributed by atoms with E-state index in [4.69, 9.17) is 10.9 Å². The predicted octanol–water partition coefficient (Wildman–Crippen LogP) is 3.02. The lowest BCUT2D eigenvalue weighted by molar-refractivity contribution is 0.0910. The number of carbonyl (C=O) groups excluding carboxylic acids is 1. The van der Waals surface area contributed by atoms with Gasteiger partial charge in [0.1, 0.15) is 5.54 Å². The summed E-state index contributed by atoms with van der Waals surface area (Å²) in [5.41, 5.74) is 6.84. The van der Waals surface area contributed by atoms with Crippen molar-refractivity contribution in [1.29, 1.82) is 0 Å². The zero-order valence-corrected chi connectivity index (χ0v) is 13.2. The normalized spacial score (nSPS) is 19.6. The van der Waals surface area contributed by atoms with E-state index in [-0.39, 0.29) is 11.7 Å². The van der Waals surface area contributed by atoms with Gasteiger partial charge in [0.15, 0.2) is 5.84 Å². The zero-order valence-electron chi connectivity index (χ0n) is 12.4. The maximum Gasteiger partial charge on any atom is 0.253 e. The molecule has 4 N–H and O–H groups in total. The van der Waals surface area contributed by atoms with Crippen LogP contribution in [0.1, 0.15) is 60.9 Å². The molecule has 0 spiro atoms. The van der Waals surface area contributed by atoms with E-state index in [2.05, 4.69) is 10.5 Å². The SMILES string of the molecule is Cc1cscc1C(=O)NC1(C(N)=NO)CCCCCCC1. The van der Waals surface area contributed by atoms with Crippen molar-refractivity contribution in [1.82, 2.24) is 5.32 Å². The average molecular weight is 309 g/mol. The molecule has 1 amide bonds. The molecule has 2 rings (SSSR count). The zero-order chi connectivity index (χ0) is 15.3. The fraction of sp³-hybridized carbons (Fsp3) is 0.600. The van der Waals surface area contributed by atoms with Crippen LogP contribution in [0.5, 0.6) is 0 Å². The highest BCUT2D eigenvalue weighted by molar-refractivity contribution is 7.08. The highest BCUT2D eigenvalue weighted by Gasteiger charge is 2.37. The first-order valence-corrected chi connectivity index (χ1v) is 8.37. The third kappa shape index (κ3) is 3.56. The molecule has 1 fully saturated rings. The molecule has 0 aliphatic heterocycles. The summed E-state index contributed by atoms with van der Waals surface area (Å²) >= 11 is 1.51. The number of amides is 1. The lowest BCUT2D eigenvalue weighted by Gasteiger charge is -2.35. The van der Waals surface area contributed by atoms with E-state index in [0.29, 0.717) is 5.56 Å². The number of aryl methyl sites for hydroxylation is 1. The Balaban J connectivity index is 2.23. The maximum atomic E-state index is 12.5. The summed E-state index contributed by atoms with van der Waals surface area (Å²) in [4.78, 5) is 12.5. The number of thiophene rings is 1. The number of nitrogens with two attached hydrogens (primary N) is 1. The molecule has 1 heterocycles. The van der Waals surface area contributed by atoms with Gasteiger partial charge in [0.25, 0.3) is 5.91 Å². The summed E-state index contributed by atoms with van der Waals surface area (Å²) < 4.78 is 0. The van der Waals surface area contributed by atoms with Crippen LogP contribution in [-0.2, 0) is 0 Å². The van der Waals surface area contributed by atoms with Crippen molar-refractivity contribution in [2.75, 3.05) is 0 Å². The van der Waals surface area contributed by atoms with Crippen LogP contribution < -0.4 is 11.1 Å². The molecule has 6 heteroatoms. The minimum Gasteiger partial charge on any atom is -0.409 e. The summed E-state index contributed by atoms with van der Waals surface area (Å²) in [7, 11) is 0. The molecule has 1 aliphatic rings. The number of nitrogens with zero attached hydrogens (tertiary/aromatic N) is 1. The summed E-state index contributed by atoms with van der Waals surface area (Å²) in [6.07, 6.45) is 6.83. The van der Waals surface area contributed by atoms with Gasteiger partial charge >= 0.3 is 0 Å². The molecule has 0 bridgehead atoms. The fourth-order valence-corrected chi connectivity index (χ4v) is 3.76. The van der Waals surface area contributed by atoms with Crippen molar-refractivity contribution < 1.29 is 10.0 Å². The van der Waals surface area contributed by atoms with Crippen LogP contribution in [0.3, 0.4) is 0 Å². The first-order valence-electron chi connectivity index (χ1n) is 7.42. The second kappa shape index (κ2) is 6.93. The Labute approximate surface area is 129 Å². The quantitative estimate of drug-likeness (QED) is 0.347. The van der Waals surface area contributed by atoms with Gasteiger partial charge in [-0.1, -0.05) is 37.3 Å². The number of hydrogen-bond acceptors (Lipinski definition) is 4. The van der Waals surface area contributed by atoms with E-state index >= 15 is 0 Å². The molecule has 21 heavy (non-hydrogen) atoms. The van der Waals surface area contributed by atoms with Crippen molar-refractivity contribution in [2.24, 2.45) is 10.9 Å². The first kappa shape index (κ1) is 15.8. The Hall–Kier alpha value is -1.56.